The molecule has 0 aromatic heterocycles. The zero-order chi connectivity index (χ0) is 8.39. The Morgan fingerprint density at radius 2 is 2.25 bits per heavy atom. The topological polar surface area (TPSA) is 12.5 Å². The summed E-state index contributed by atoms with van der Waals surface area (Å²) in [6.07, 6.45) is 7.30. The average Bonchev–Trinajstić information content (AvgIpc) is 2.83. The summed E-state index contributed by atoms with van der Waals surface area (Å²) in [5.74, 6) is 1.07. The molecule has 1 saturated heterocycles. The molecule has 0 aromatic carbocycles. The molecule has 1 aliphatic heterocycles. The van der Waals surface area contributed by atoms with E-state index in [1.807, 2.05) is 0 Å². The van der Waals surface area contributed by atoms with Crippen LogP contribution in [0.2, 0.25) is 6.04 Å². The molecule has 1 nitrogen and oxygen atoms in total. The second-order valence-corrected chi connectivity index (χ2v) is 20.9. The molecule has 0 radical (unpaired) electrons. The number of fused-ring (bicyclic) bond motifs is 1. The summed E-state index contributed by atoms with van der Waals surface area (Å²) in [5.41, 5.74) is 0. The zero-order valence-electron chi connectivity index (χ0n) is 8.09. The fraction of sp³-hybridized carbons (Fsp3) is 1.00. The van der Waals surface area contributed by atoms with Crippen molar-refractivity contribution in [1.29, 1.82) is 0 Å². The molecular formula is C8H20OSi3. The third-order valence-electron chi connectivity index (χ3n) is 3.33. The molecule has 2 fully saturated rings. The summed E-state index contributed by atoms with van der Waals surface area (Å²) in [5, 5.41) is 0. The fourth-order valence-corrected chi connectivity index (χ4v) is 10.7. The molecule has 0 amide bonds. The van der Waals surface area contributed by atoms with Crippen molar-refractivity contribution in [3.8, 4) is 0 Å². The number of epoxide rings is 1. The highest BCUT2D eigenvalue weighted by Crippen LogP contribution is 2.40. The predicted octanol–water partition coefficient (Wildman–Crippen LogP) is -1.10. The minimum Gasteiger partial charge on any atom is -0.370 e. The maximum absolute atomic E-state index is 5.54. The summed E-state index contributed by atoms with van der Waals surface area (Å²) in [6, 6.07) is 1.68. The highest BCUT2D eigenvalue weighted by molar-refractivity contribution is 7.23. The SMILES string of the molecule is [SiH3][SiH2][SiH2]CCC1CCC2OC2C1. The molecule has 0 bridgehead atoms. The summed E-state index contributed by atoms with van der Waals surface area (Å²) in [4.78, 5) is 0. The highest BCUT2D eigenvalue weighted by atomic mass is 29.5. The molecule has 1 heterocycles. The molecule has 0 N–H and O–H groups in total. The van der Waals surface area contributed by atoms with Gasteiger partial charge in [-0.1, -0.05) is 12.5 Å². The lowest BCUT2D eigenvalue weighted by Gasteiger charge is -2.18. The van der Waals surface area contributed by atoms with E-state index in [0.29, 0.717) is 23.7 Å². The molecule has 1 aliphatic carbocycles. The minimum atomic E-state index is 0.533. The van der Waals surface area contributed by atoms with Crippen molar-refractivity contribution < 1.29 is 4.74 Å². The number of hydrogen-bond donors (Lipinski definition) is 0. The van der Waals surface area contributed by atoms with Gasteiger partial charge in [0.15, 0.2) is 0 Å². The first-order chi connectivity index (χ1) is 5.90. The Morgan fingerprint density at radius 3 is 3.00 bits per heavy atom. The van der Waals surface area contributed by atoms with E-state index in [-0.39, 0.29) is 0 Å². The quantitative estimate of drug-likeness (QED) is 0.330. The van der Waals surface area contributed by atoms with Crippen LogP contribution in [-0.4, -0.2) is 39.6 Å². The van der Waals surface area contributed by atoms with E-state index < -0.39 is 0 Å². The molecule has 1 saturated carbocycles. The Labute approximate surface area is 82.3 Å². The smallest absolute Gasteiger partial charge is 0.0844 e. The van der Waals surface area contributed by atoms with Crippen LogP contribution in [-0.2, 0) is 4.74 Å². The van der Waals surface area contributed by atoms with Crippen LogP contribution in [0.3, 0.4) is 0 Å². The van der Waals surface area contributed by atoms with Crippen LogP contribution < -0.4 is 0 Å². The van der Waals surface area contributed by atoms with E-state index in [1.165, 1.54) is 19.3 Å². The standard InChI is InChI=1S/C8H20OSi3/c10-12-11-4-3-6-1-2-7-8(5-6)9-7/h6-8H,1-5,11-12H2,10H3. The lowest BCUT2D eigenvalue weighted by Crippen LogP contribution is -2.14. The van der Waals surface area contributed by atoms with Crippen molar-refractivity contribution >= 4 is 27.4 Å². The van der Waals surface area contributed by atoms with Gasteiger partial charge < -0.3 is 4.74 Å². The zero-order valence-corrected chi connectivity index (χ0v) is 12.9. The molecule has 12 heavy (non-hydrogen) atoms. The van der Waals surface area contributed by atoms with Crippen LogP contribution in [0, 0.1) is 5.92 Å². The molecule has 2 aliphatic rings. The van der Waals surface area contributed by atoms with Crippen molar-refractivity contribution in [3.63, 3.8) is 0 Å². The van der Waals surface area contributed by atoms with Gasteiger partial charge in [-0.3, -0.25) is 0 Å². The lowest BCUT2D eigenvalue weighted by molar-refractivity contribution is 0.357. The highest BCUT2D eigenvalue weighted by Gasteiger charge is 2.43. The van der Waals surface area contributed by atoms with Gasteiger partial charge in [0, 0.05) is 9.04 Å². The Balaban J connectivity index is 1.61. The van der Waals surface area contributed by atoms with E-state index in [1.54, 1.807) is 22.2 Å². The van der Waals surface area contributed by atoms with Crippen molar-refractivity contribution in [2.75, 3.05) is 0 Å². The fourth-order valence-electron chi connectivity index (χ4n) is 2.43. The first-order valence-electron chi connectivity index (χ1n) is 5.55. The molecular weight excluding hydrogens is 196 g/mol. The molecule has 4 heteroatoms. The van der Waals surface area contributed by atoms with Gasteiger partial charge in [-0.25, -0.2) is 0 Å². The van der Waals surface area contributed by atoms with Crippen LogP contribution in [0.5, 0.6) is 0 Å². The van der Waals surface area contributed by atoms with Gasteiger partial charge in [-0.05, 0) is 43.5 Å². The Morgan fingerprint density at radius 1 is 1.33 bits per heavy atom. The Bertz CT molecular complexity index is 153. The third-order valence-corrected chi connectivity index (χ3v) is 14.9. The second-order valence-electron chi connectivity index (χ2n) is 4.39. The first-order valence-corrected chi connectivity index (χ1v) is 16.2. The largest absolute Gasteiger partial charge is 0.370 e. The maximum Gasteiger partial charge on any atom is 0.0844 e. The molecule has 2 rings (SSSR count). The molecule has 3 unspecified atom stereocenters. The van der Waals surface area contributed by atoms with E-state index in [0.717, 1.165) is 12.0 Å². The van der Waals surface area contributed by atoms with Gasteiger partial charge in [-0.2, -0.15) is 0 Å². The summed E-state index contributed by atoms with van der Waals surface area (Å²) >= 11 is 0. The van der Waals surface area contributed by atoms with Crippen LogP contribution >= 0.6 is 0 Å². The first kappa shape index (κ1) is 9.18. The Hall–Kier alpha value is 0.611. The molecule has 3 atom stereocenters. The summed E-state index contributed by atoms with van der Waals surface area (Å²) in [6.45, 7) is 0. The second kappa shape index (κ2) is 4.21. The monoisotopic (exact) mass is 216 g/mol. The van der Waals surface area contributed by atoms with Gasteiger partial charge in [0.2, 0.25) is 0 Å². The normalized spacial score (nSPS) is 41.5. The summed E-state index contributed by atoms with van der Waals surface area (Å²) in [7, 11) is 2.74. The number of rotatable bonds is 4. The minimum absolute atomic E-state index is 0.533. The van der Waals surface area contributed by atoms with Crippen molar-refractivity contribution in [2.24, 2.45) is 5.92 Å². The van der Waals surface area contributed by atoms with Crippen molar-refractivity contribution in [2.45, 2.75) is 43.9 Å². The van der Waals surface area contributed by atoms with Crippen molar-refractivity contribution in [3.05, 3.63) is 0 Å². The van der Waals surface area contributed by atoms with E-state index in [2.05, 4.69) is 0 Å². The van der Waals surface area contributed by atoms with Gasteiger partial charge in [0.25, 0.3) is 0 Å². The number of ether oxygens (including phenoxy) is 1. The van der Waals surface area contributed by atoms with Crippen LogP contribution in [0.4, 0.5) is 0 Å². The average molecular weight is 217 g/mol. The van der Waals surface area contributed by atoms with Crippen LogP contribution in [0.15, 0.2) is 0 Å². The third kappa shape index (κ3) is 2.31. The van der Waals surface area contributed by atoms with Gasteiger partial charge in [0.05, 0.1) is 12.2 Å². The van der Waals surface area contributed by atoms with E-state index in [9.17, 15) is 0 Å². The van der Waals surface area contributed by atoms with E-state index in [4.69, 9.17) is 4.74 Å². The number of hydrogen-bond acceptors (Lipinski definition) is 1. The molecule has 0 spiro atoms. The summed E-state index contributed by atoms with van der Waals surface area (Å²) < 4.78 is 5.54. The Kier molecular flexibility index (Phi) is 3.22. The lowest BCUT2D eigenvalue weighted by atomic mass is 9.88. The van der Waals surface area contributed by atoms with Crippen LogP contribution in [0.1, 0.15) is 25.7 Å². The maximum atomic E-state index is 5.54. The van der Waals surface area contributed by atoms with Crippen molar-refractivity contribution in [1.82, 2.24) is 0 Å². The van der Waals surface area contributed by atoms with E-state index >= 15 is 0 Å². The molecule has 0 aromatic rings. The molecule has 70 valence electrons. The van der Waals surface area contributed by atoms with Gasteiger partial charge in [0.1, 0.15) is 0 Å². The van der Waals surface area contributed by atoms with Gasteiger partial charge in [-0.15, -0.1) is 0 Å². The predicted molar refractivity (Wildman–Crippen MR) is 62.5 cm³/mol. The van der Waals surface area contributed by atoms with Crippen LogP contribution in [0.25, 0.3) is 0 Å². The van der Waals surface area contributed by atoms with Gasteiger partial charge >= 0.3 is 0 Å².